The van der Waals surface area contributed by atoms with Crippen molar-refractivity contribution in [3.63, 3.8) is 0 Å². The first-order valence-electron chi connectivity index (χ1n) is 7.20. The first-order valence-corrected chi connectivity index (χ1v) is 7.20. The molecule has 0 fully saturated rings. The van der Waals surface area contributed by atoms with E-state index in [4.69, 9.17) is 0 Å². The highest BCUT2D eigenvalue weighted by Gasteiger charge is 2.28. The van der Waals surface area contributed by atoms with E-state index < -0.39 is 0 Å². The minimum absolute atomic E-state index is 0.111. The highest BCUT2D eigenvalue weighted by molar-refractivity contribution is 5.83. The van der Waals surface area contributed by atoms with Crippen LogP contribution in [0.3, 0.4) is 0 Å². The third-order valence-corrected chi connectivity index (χ3v) is 4.04. The van der Waals surface area contributed by atoms with E-state index in [0.717, 1.165) is 18.5 Å². The SMILES string of the molecule is CNC(C(=O)N1CCc2ccccc2C1)c1cnn(C)c1. The van der Waals surface area contributed by atoms with Crippen molar-refractivity contribution in [1.29, 1.82) is 0 Å². The van der Waals surface area contributed by atoms with Gasteiger partial charge in [0.05, 0.1) is 6.20 Å². The van der Waals surface area contributed by atoms with E-state index in [9.17, 15) is 4.79 Å². The van der Waals surface area contributed by atoms with Crippen molar-refractivity contribution in [2.75, 3.05) is 13.6 Å². The molecule has 1 aromatic carbocycles. The summed E-state index contributed by atoms with van der Waals surface area (Å²) >= 11 is 0. The molecule has 1 aliphatic heterocycles. The lowest BCUT2D eigenvalue weighted by atomic mass is 9.99. The molecule has 3 rings (SSSR count). The number of carbonyl (C=O) groups is 1. The Balaban J connectivity index is 1.79. The van der Waals surface area contributed by atoms with Crippen LogP contribution in [-0.4, -0.2) is 34.2 Å². The molecule has 0 saturated carbocycles. The van der Waals surface area contributed by atoms with Gasteiger partial charge in [0.25, 0.3) is 0 Å². The minimum atomic E-state index is -0.330. The predicted octanol–water partition coefficient (Wildman–Crippen LogP) is 1.27. The molecule has 1 amide bonds. The number of aryl methyl sites for hydroxylation is 1. The molecule has 0 radical (unpaired) electrons. The van der Waals surface area contributed by atoms with Crippen LogP contribution in [-0.2, 0) is 24.8 Å². The normalized spacial score (nSPS) is 15.6. The number of aromatic nitrogens is 2. The number of carbonyl (C=O) groups excluding carboxylic acids is 1. The first-order chi connectivity index (χ1) is 10.2. The molecular weight excluding hydrogens is 264 g/mol. The molecular formula is C16H20N4O. The number of rotatable bonds is 3. The maximum absolute atomic E-state index is 12.8. The number of fused-ring (bicyclic) bond motifs is 1. The smallest absolute Gasteiger partial charge is 0.244 e. The standard InChI is InChI=1S/C16H20N4O/c1-17-15(14-9-18-19(2)10-14)16(21)20-8-7-12-5-3-4-6-13(12)11-20/h3-6,9-10,15,17H,7-8,11H2,1-2H3. The van der Waals surface area contributed by atoms with Crippen molar-refractivity contribution in [2.45, 2.75) is 19.0 Å². The number of hydrogen-bond donors (Lipinski definition) is 1. The van der Waals surface area contributed by atoms with Gasteiger partial charge in [-0.1, -0.05) is 24.3 Å². The average molecular weight is 284 g/mol. The lowest BCUT2D eigenvalue weighted by molar-refractivity contribution is -0.134. The monoisotopic (exact) mass is 284 g/mol. The zero-order chi connectivity index (χ0) is 14.8. The largest absolute Gasteiger partial charge is 0.336 e. The summed E-state index contributed by atoms with van der Waals surface area (Å²) in [6.07, 6.45) is 4.55. The molecule has 5 nitrogen and oxygen atoms in total. The van der Waals surface area contributed by atoms with Crippen LogP contribution in [0.5, 0.6) is 0 Å². The number of hydrogen-bond acceptors (Lipinski definition) is 3. The third-order valence-electron chi connectivity index (χ3n) is 4.04. The molecule has 2 heterocycles. The second-order valence-electron chi connectivity index (χ2n) is 5.45. The van der Waals surface area contributed by atoms with E-state index in [1.54, 1.807) is 10.9 Å². The van der Waals surface area contributed by atoms with Gasteiger partial charge in [0.2, 0.25) is 5.91 Å². The van der Waals surface area contributed by atoms with E-state index in [1.165, 1.54) is 11.1 Å². The second kappa shape index (κ2) is 5.69. The van der Waals surface area contributed by atoms with Crippen LogP contribution >= 0.6 is 0 Å². The van der Waals surface area contributed by atoms with Gasteiger partial charge in [-0.15, -0.1) is 0 Å². The van der Waals surface area contributed by atoms with Crippen LogP contribution in [0.1, 0.15) is 22.7 Å². The Labute approximate surface area is 124 Å². The van der Waals surface area contributed by atoms with Crippen LogP contribution in [0.15, 0.2) is 36.7 Å². The Morgan fingerprint density at radius 3 is 2.76 bits per heavy atom. The Morgan fingerprint density at radius 2 is 2.10 bits per heavy atom. The van der Waals surface area contributed by atoms with E-state index >= 15 is 0 Å². The van der Waals surface area contributed by atoms with Gasteiger partial charge in [-0.05, 0) is 24.6 Å². The Kier molecular flexibility index (Phi) is 3.75. The fourth-order valence-electron chi connectivity index (χ4n) is 2.89. The lowest BCUT2D eigenvalue weighted by Gasteiger charge is -2.31. The summed E-state index contributed by atoms with van der Waals surface area (Å²) < 4.78 is 1.72. The molecule has 2 aromatic rings. The van der Waals surface area contributed by atoms with Crippen LogP contribution < -0.4 is 5.32 Å². The van der Waals surface area contributed by atoms with E-state index in [-0.39, 0.29) is 11.9 Å². The molecule has 0 saturated heterocycles. The third kappa shape index (κ3) is 2.69. The van der Waals surface area contributed by atoms with Gasteiger partial charge in [-0.3, -0.25) is 9.48 Å². The highest BCUT2D eigenvalue weighted by Crippen LogP contribution is 2.22. The molecule has 0 aliphatic carbocycles. The molecule has 110 valence electrons. The predicted molar refractivity (Wildman–Crippen MR) is 80.6 cm³/mol. The van der Waals surface area contributed by atoms with E-state index in [2.05, 4.69) is 28.6 Å². The summed E-state index contributed by atoms with van der Waals surface area (Å²) in [5.41, 5.74) is 3.51. The lowest BCUT2D eigenvalue weighted by Crippen LogP contribution is -2.42. The zero-order valence-corrected chi connectivity index (χ0v) is 12.4. The van der Waals surface area contributed by atoms with Gasteiger partial charge >= 0.3 is 0 Å². The number of benzene rings is 1. The van der Waals surface area contributed by atoms with Crippen LogP contribution in [0.4, 0.5) is 0 Å². The summed E-state index contributed by atoms with van der Waals surface area (Å²) in [7, 11) is 3.67. The molecule has 5 heteroatoms. The molecule has 21 heavy (non-hydrogen) atoms. The molecule has 1 aliphatic rings. The van der Waals surface area contributed by atoms with E-state index in [1.807, 2.05) is 31.3 Å². The summed E-state index contributed by atoms with van der Waals surface area (Å²) in [5.74, 6) is 0.111. The van der Waals surface area contributed by atoms with Crippen molar-refractivity contribution < 1.29 is 4.79 Å². The summed E-state index contributed by atoms with van der Waals surface area (Å²) in [5, 5.41) is 7.26. The number of amides is 1. The number of nitrogens with zero attached hydrogens (tertiary/aromatic N) is 3. The topological polar surface area (TPSA) is 50.2 Å². The maximum atomic E-state index is 12.8. The van der Waals surface area contributed by atoms with Crippen LogP contribution in [0.2, 0.25) is 0 Å². The van der Waals surface area contributed by atoms with Crippen LogP contribution in [0, 0.1) is 0 Å². The van der Waals surface area contributed by atoms with Crippen molar-refractivity contribution in [2.24, 2.45) is 7.05 Å². The zero-order valence-electron chi connectivity index (χ0n) is 12.4. The van der Waals surface area contributed by atoms with Gasteiger partial charge in [0.1, 0.15) is 6.04 Å². The Morgan fingerprint density at radius 1 is 1.33 bits per heavy atom. The van der Waals surface area contributed by atoms with E-state index in [0.29, 0.717) is 6.54 Å². The summed E-state index contributed by atoms with van der Waals surface area (Å²) in [6, 6.07) is 8.01. The van der Waals surface area contributed by atoms with Gasteiger partial charge in [-0.25, -0.2) is 0 Å². The van der Waals surface area contributed by atoms with Crippen molar-refractivity contribution >= 4 is 5.91 Å². The van der Waals surface area contributed by atoms with Crippen molar-refractivity contribution in [3.05, 3.63) is 53.3 Å². The highest BCUT2D eigenvalue weighted by atomic mass is 16.2. The molecule has 1 unspecified atom stereocenters. The minimum Gasteiger partial charge on any atom is -0.336 e. The fraction of sp³-hybridized carbons (Fsp3) is 0.375. The van der Waals surface area contributed by atoms with Gasteiger partial charge < -0.3 is 10.2 Å². The molecule has 0 bridgehead atoms. The quantitative estimate of drug-likeness (QED) is 0.923. The summed E-state index contributed by atoms with van der Waals surface area (Å²) in [4.78, 5) is 14.7. The number of nitrogens with one attached hydrogen (secondary N) is 1. The Bertz CT molecular complexity index is 649. The van der Waals surface area contributed by atoms with Gasteiger partial charge in [0.15, 0.2) is 0 Å². The maximum Gasteiger partial charge on any atom is 0.244 e. The molecule has 0 spiro atoms. The Hall–Kier alpha value is -2.14. The van der Waals surface area contributed by atoms with Crippen molar-refractivity contribution in [3.8, 4) is 0 Å². The molecule has 1 N–H and O–H groups in total. The molecule has 1 aromatic heterocycles. The second-order valence-corrected chi connectivity index (χ2v) is 5.45. The first kappa shape index (κ1) is 13.8. The van der Waals surface area contributed by atoms with Gasteiger partial charge in [0, 0.05) is 31.9 Å². The van der Waals surface area contributed by atoms with Crippen LogP contribution in [0.25, 0.3) is 0 Å². The van der Waals surface area contributed by atoms with Crippen molar-refractivity contribution in [1.82, 2.24) is 20.0 Å². The number of likely N-dealkylation sites (N-methyl/N-ethyl adjacent to an activating group) is 1. The van der Waals surface area contributed by atoms with Gasteiger partial charge in [-0.2, -0.15) is 5.10 Å². The fourth-order valence-corrected chi connectivity index (χ4v) is 2.89. The average Bonchev–Trinajstić information content (AvgIpc) is 2.93. The molecule has 1 atom stereocenters. The summed E-state index contributed by atoms with van der Waals surface area (Å²) in [6.45, 7) is 1.46.